The number of nitrogens with one attached hydrogen (secondary N) is 2. The molecule has 8 heteroatoms. The average molecular weight is 395 g/mol. The Morgan fingerprint density at radius 2 is 1.93 bits per heavy atom. The van der Waals surface area contributed by atoms with Gasteiger partial charge in [0.05, 0.1) is 16.1 Å². The quantitative estimate of drug-likeness (QED) is 0.359. The first-order valence-corrected chi connectivity index (χ1v) is 10.4. The minimum absolute atomic E-state index is 0.251. The van der Waals surface area contributed by atoms with Crippen molar-refractivity contribution in [2.45, 2.75) is 31.1 Å². The lowest BCUT2D eigenvalue weighted by molar-refractivity contribution is 0.586. The van der Waals surface area contributed by atoms with E-state index in [9.17, 15) is 8.42 Å². The van der Waals surface area contributed by atoms with Crippen LogP contribution in [0.15, 0.2) is 58.5 Å². The van der Waals surface area contributed by atoms with Crippen molar-refractivity contribution in [1.29, 1.82) is 5.41 Å². The van der Waals surface area contributed by atoms with Crippen LogP contribution in [0.1, 0.15) is 29.7 Å². The van der Waals surface area contributed by atoms with Gasteiger partial charge in [0, 0.05) is 16.6 Å². The molecular formula is C20H21N5O2S. The molecule has 7 nitrogen and oxygen atoms in total. The molecule has 4 N–H and O–H groups in total. The van der Waals surface area contributed by atoms with Crippen LogP contribution in [-0.2, 0) is 16.4 Å². The van der Waals surface area contributed by atoms with Crippen LogP contribution in [0.5, 0.6) is 0 Å². The van der Waals surface area contributed by atoms with Crippen molar-refractivity contribution in [3.63, 3.8) is 0 Å². The molecule has 0 aliphatic heterocycles. The fourth-order valence-corrected chi connectivity index (χ4v) is 5.34. The number of nitrogens with two attached hydrogens (primary N) is 1. The molecule has 1 heterocycles. The van der Waals surface area contributed by atoms with E-state index in [2.05, 4.69) is 10.5 Å². The predicted octanol–water partition coefficient (Wildman–Crippen LogP) is 2.71. The molecule has 0 amide bonds. The van der Waals surface area contributed by atoms with Gasteiger partial charge in [-0.2, -0.15) is 5.10 Å². The third-order valence-electron chi connectivity index (χ3n) is 4.88. The van der Waals surface area contributed by atoms with Crippen LogP contribution < -0.4 is 11.2 Å². The van der Waals surface area contributed by atoms with Gasteiger partial charge in [-0.15, -0.1) is 0 Å². The summed E-state index contributed by atoms with van der Waals surface area (Å²) in [7, 11) is -3.76. The summed E-state index contributed by atoms with van der Waals surface area (Å²) in [5, 5.41) is 12.5. The summed E-state index contributed by atoms with van der Waals surface area (Å²) >= 11 is 0. The van der Waals surface area contributed by atoms with E-state index in [4.69, 9.17) is 11.1 Å². The smallest absolute Gasteiger partial charge is 0.268 e. The Kier molecular flexibility index (Phi) is 4.43. The summed E-state index contributed by atoms with van der Waals surface area (Å²) in [4.78, 5) is 0.251. The summed E-state index contributed by atoms with van der Waals surface area (Å²) in [5.74, 6) is -0.253. The molecule has 1 aliphatic carbocycles. The van der Waals surface area contributed by atoms with Gasteiger partial charge in [0.1, 0.15) is 0 Å². The maximum absolute atomic E-state index is 13.5. The third-order valence-corrected chi connectivity index (χ3v) is 6.65. The molecule has 2 aromatic carbocycles. The van der Waals surface area contributed by atoms with Gasteiger partial charge in [-0.05, 0) is 50.5 Å². The topological polar surface area (TPSA) is 113 Å². The van der Waals surface area contributed by atoms with E-state index in [-0.39, 0.29) is 10.9 Å². The fraction of sp³-hybridized carbons (Fsp3) is 0.200. The maximum Gasteiger partial charge on any atom is 0.268 e. The molecule has 1 aliphatic rings. The van der Waals surface area contributed by atoms with E-state index in [1.54, 1.807) is 30.3 Å². The number of nitrogens with zero attached hydrogens (tertiary/aromatic N) is 2. The average Bonchev–Trinajstić information content (AvgIpc) is 3.01. The van der Waals surface area contributed by atoms with Crippen LogP contribution in [0.4, 0.5) is 0 Å². The SMILES string of the molecule is Cc1ccc2c(c1)c1c(n2S(=O)(=O)c2ccccc2)CCC/C1=N\NC(=N)N. The monoisotopic (exact) mass is 395 g/mol. The van der Waals surface area contributed by atoms with Gasteiger partial charge in [-0.1, -0.05) is 29.8 Å². The molecule has 0 unspecified atom stereocenters. The molecule has 0 fully saturated rings. The lowest BCUT2D eigenvalue weighted by atomic mass is 9.93. The molecule has 4 rings (SSSR count). The number of benzene rings is 2. The van der Waals surface area contributed by atoms with Crippen LogP contribution in [-0.4, -0.2) is 24.1 Å². The van der Waals surface area contributed by atoms with E-state index in [1.807, 2.05) is 25.1 Å². The largest absolute Gasteiger partial charge is 0.369 e. The Hall–Kier alpha value is -3.13. The van der Waals surface area contributed by atoms with E-state index in [0.29, 0.717) is 24.1 Å². The van der Waals surface area contributed by atoms with Crippen molar-refractivity contribution < 1.29 is 8.42 Å². The molecule has 0 spiro atoms. The molecule has 0 atom stereocenters. The molecule has 0 bridgehead atoms. The van der Waals surface area contributed by atoms with E-state index in [1.165, 1.54) is 3.97 Å². The van der Waals surface area contributed by atoms with Gasteiger partial charge in [0.15, 0.2) is 0 Å². The highest BCUT2D eigenvalue weighted by molar-refractivity contribution is 7.90. The fourth-order valence-electron chi connectivity index (χ4n) is 3.74. The first kappa shape index (κ1) is 18.2. The zero-order valence-electron chi connectivity index (χ0n) is 15.4. The van der Waals surface area contributed by atoms with Crippen molar-refractivity contribution in [1.82, 2.24) is 9.40 Å². The number of aryl methyl sites for hydroxylation is 1. The summed E-state index contributed by atoms with van der Waals surface area (Å²) in [6.45, 7) is 1.97. The number of rotatable bonds is 3. The number of aromatic nitrogens is 1. The summed E-state index contributed by atoms with van der Waals surface area (Å²) in [5.41, 5.74) is 11.8. The van der Waals surface area contributed by atoms with Gasteiger partial charge in [0.2, 0.25) is 5.96 Å². The predicted molar refractivity (Wildman–Crippen MR) is 110 cm³/mol. The van der Waals surface area contributed by atoms with Crippen LogP contribution in [0.2, 0.25) is 0 Å². The number of hydrazone groups is 1. The van der Waals surface area contributed by atoms with Gasteiger partial charge in [0.25, 0.3) is 10.0 Å². The Morgan fingerprint density at radius 3 is 2.64 bits per heavy atom. The van der Waals surface area contributed by atoms with Gasteiger partial charge in [-0.3, -0.25) is 5.41 Å². The second-order valence-electron chi connectivity index (χ2n) is 6.86. The Morgan fingerprint density at radius 1 is 1.18 bits per heavy atom. The highest BCUT2D eigenvalue weighted by Crippen LogP contribution is 2.35. The van der Waals surface area contributed by atoms with Crippen molar-refractivity contribution in [2.75, 3.05) is 0 Å². The van der Waals surface area contributed by atoms with Crippen molar-refractivity contribution in [2.24, 2.45) is 10.8 Å². The molecule has 0 saturated carbocycles. The number of guanidine groups is 1. The summed E-state index contributed by atoms with van der Waals surface area (Å²) in [6.07, 6.45) is 2.09. The Labute approximate surface area is 163 Å². The summed E-state index contributed by atoms with van der Waals surface area (Å²) < 4.78 is 28.4. The number of hydrogen-bond acceptors (Lipinski definition) is 4. The third kappa shape index (κ3) is 2.95. The summed E-state index contributed by atoms with van der Waals surface area (Å²) in [6, 6.07) is 14.2. The Bertz CT molecular complexity index is 1210. The van der Waals surface area contributed by atoms with Crippen LogP contribution in [0.3, 0.4) is 0 Å². The molecule has 28 heavy (non-hydrogen) atoms. The molecular weight excluding hydrogens is 374 g/mol. The molecule has 144 valence electrons. The van der Waals surface area contributed by atoms with Crippen LogP contribution in [0, 0.1) is 12.3 Å². The zero-order chi connectivity index (χ0) is 19.9. The lowest BCUT2D eigenvalue weighted by Gasteiger charge is -2.18. The zero-order valence-corrected chi connectivity index (χ0v) is 16.3. The number of hydrogen-bond donors (Lipinski definition) is 3. The second-order valence-corrected chi connectivity index (χ2v) is 8.65. The second kappa shape index (κ2) is 6.79. The number of fused-ring (bicyclic) bond motifs is 3. The van der Waals surface area contributed by atoms with Crippen molar-refractivity contribution in [3.8, 4) is 0 Å². The van der Waals surface area contributed by atoms with Crippen LogP contribution in [0.25, 0.3) is 10.9 Å². The van der Waals surface area contributed by atoms with E-state index >= 15 is 0 Å². The minimum Gasteiger partial charge on any atom is -0.369 e. The standard InChI is InChI=1S/C20H21N5O2S/c1-13-10-11-17-15(12-13)19-16(23-24-20(21)22)8-5-9-18(19)25(17)28(26,27)14-6-3-2-4-7-14/h2-4,6-7,10-12H,5,8-9H2,1H3,(H4,21,22,24)/b23-16+. The minimum atomic E-state index is -3.76. The van der Waals surface area contributed by atoms with Gasteiger partial charge >= 0.3 is 0 Å². The van der Waals surface area contributed by atoms with Crippen LogP contribution >= 0.6 is 0 Å². The Balaban J connectivity index is 2.05. The highest BCUT2D eigenvalue weighted by atomic mass is 32.2. The van der Waals surface area contributed by atoms with Gasteiger partial charge in [-0.25, -0.2) is 17.8 Å². The normalized spacial score (nSPS) is 15.5. The maximum atomic E-state index is 13.5. The first-order chi connectivity index (χ1) is 13.4. The van der Waals surface area contributed by atoms with E-state index in [0.717, 1.165) is 28.6 Å². The highest BCUT2D eigenvalue weighted by Gasteiger charge is 2.30. The molecule has 0 saturated heterocycles. The van der Waals surface area contributed by atoms with Gasteiger partial charge < -0.3 is 5.73 Å². The van der Waals surface area contributed by atoms with Crippen molar-refractivity contribution in [3.05, 3.63) is 65.4 Å². The first-order valence-electron chi connectivity index (χ1n) is 9.01. The van der Waals surface area contributed by atoms with Crippen molar-refractivity contribution >= 4 is 32.6 Å². The molecule has 1 aromatic heterocycles. The van der Waals surface area contributed by atoms with E-state index < -0.39 is 10.0 Å². The molecule has 0 radical (unpaired) electrons. The molecule has 3 aromatic rings. The lowest BCUT2D eigenvalue weighted by Crippen LogP contribution is -2.28.